The Morgan fingerprint density at radius 2 is 2.11 bits per heavy atom. The summed E-state index contributed by atoms with van der Waals surface area (Å²) in [5.41, 5.74) is 2.01. The van der Waals surface area contributed by atoms with Crippen molar-refractivity contribution in [2.45, 2.75) is 32.6 Å². The number of aromatic nitrogens is 3. The molecule has 2 heterocycles. The van der Waals surface area contributed by atoms with Gasteiger partial charge in [0.25, 0.3) is 0 Å². The van der Waals surface area contributed by atoms with E-state index in [2.05, 4.69) is 20.7 Å². The van der Waals surface area contributed by atoms with E-state index in [1.165, 1.54) is 11.7 Å². The third kappa shape index (κ3) is 6.89. The van der Waals surface area contributed by atoms with Crippen LogP contribution in [0.1, 0.15) is 23.2 Å². The molecule has 0 aliphatic heterocycles. The zero-order chi connectivity index (χ0) is 19.9. The Morgan fingerprint density at radius 1 is 1.33 bits per heavy atom. The summed E-state index contributed by atoms with van der Waals surface area (Å²) in [4.78, 5) is 15.8. The van der Waals surface area contributed by atoms with E-state index in [9.17, 15) is 18.0 Å². The van der Waals surface area contributed by atoms with Crippen LogP contribution in [0.25, 0.3) is 0 Å². The first-order valence-corrected chi connectivity index (χ1v) is 8.34. The minimum absolute atomic E-state index is 0.0679. The topological polar surface area (TPSA) is 81.1 Å². The summed E-state index contributed by atoms with van der Waals surface area (Å²) in [6.07, 6.45) is -0.859. The highest BCUT2D eigenvalue weighted by Crippen LogP contribution is 2.24. The maximum atomic E-state index is 12.4. The van der Waals surface area contributed by atoms with Crippen molar-refractivity contribution in [3.8, 4) is 5.88 Å². The van der Waals surface area contributed by atoms with Gasteiger partial charge >= 0.3 is 6.18 Å². The van der Waals surface area contributed by atoms with Crippen molar-refractivity contribution < 1.29 is 22.7 Å². The lowest BCUT2D eigenvalue weighted by molar-refractivity contribution is -0.154. The van der Waals surface area contributed by atoms with Crippen molar-refractivity contribution in [1.29, 1.82) is 0 Å². The van der Waals surface area contributed by atoms with E-state index in [-0.39, 0.29) is 24.8 Å². The molecule has 0 fully saturated rings. The van der Waals surface area contributed by atoms with E-state index in [0.29, 0.717) is 24.3 Å². The highest BCUT2D eigenvalue weighted by Gasteiger charge is 2.30. The molecule has 0 spiro atoms. The molecule has 0 unspecified atom stereocenters. The van der Waals surface area contributed by atoms with Crippen LogP contribution in [0, 0.1) is 6.92 Å². The Kier molecular flexibility index (Phi) is 7.17. The third-order valence-corrected chi connectivity index (χ3v) is 3.70. The molecule has 0 bridgehead atoms. The lowest BCUT2D eigenvalue weighted by Gasteiger charge is -2.12. The van der Waals surface area contributed by atoms with Crippen LogP contribution >= 0.6 is 0 Å². The van der Waals surface area contributed by atoms with E-state index in [1.54, 1.807) is 25.4 Å². The minimum atomic E-state index is -4.42. The highest BCUT2D eigenvalue weighted by molar-refractivity contribution is 5.76. The van der Waals surface area contributed by atoms with Crippen molar-refractivity contribution in [1.82, 2.24) is 25.4 Å². The van der Waals surface area contributed by atoms with Crippen LogP contribution in [0.15, 0.2) is 24.5 Å². The van der Waals surface area contributed by atoms with E-state index in [4.69, 9.17) is 4.74 Å². The number of pyridine rings is 1. The maximum Gasteiger partial charge on any atom is 0.422 e. The van der Waals surface area contributed by atoms with Crippen LogP contribution in [-0.4, -0.2) is 40.0 Å². The molecule has 2 aromatic rings. The van der Waals surface area contributed by atoms with E-state index < -0.39 is 12.8 Å². The van der Waals surface area contributed by atoms with Gasteiger partial charge in [0.2, 0.25) is 11.8 Å². The van der Waals surface area contributed by atoms with Gasteiger partial charge < -0.3 is 15.4 Å². The fourth-order valence-corrected chi connectivity index (χ4v) is 2.42. The summed E-state index contributed by atoms with van der Waals surface area (Å²) in [5.74, 6) is -0.0684. The number of rotatable bonds is 9. The normalized spacial score (nSPS) is 11.4. The average Bonchev–Trinajstić information content (AvgIpc) is 2.88. The van der Waals surface area contributed by atoms with E-state index in [1.807, 2.05) is 6.07 Å². The van der Waals surface area contributed by atoms with Gasteiger partial charge in [0, 0.05) is 45.5 Å². The molecule has 2 N–H and O–H groups in total. The molecule has 148 valence electrons. The zero-order valence-corrected chi connectivity index (χ0v) is 15.1. The van der Waals surface area contributed by atoms with Gasteiger partial charge in [0.1, 0.15) is 0 Å². The number of amides is 1. The number of nitrogens with zero attached hydrogens (tertiary/aromatic N) is 3. The van der Waals surface area contributed by atoms with Gasteiger partial charge in [-0.15, -0.1) is 0 Å². The van der Waals surface area contributed by atoms with E-state index in [0.717, 1.165) is 5.56 Å². The zero-order valence-electron chi connectivity index (χ0n) is 15.1. The van der Waals surface area contributed by atoms with Gasteiger partial charge in [-0.05, 0) is 18.6 Å². The van der Waals surface area contributed by atoms with Crippen molar-refractivity contribution in [3.63, 3.8) is 0 Å². The van der Waals surface area contributed by atoms with Crippen molar-refractivity contribution >= 4 is 5.91 Å². The fraction of sp³-hybridized carbons (Fsp3) is 0.471. The lowest BCUT2D eigenvalue weighted by atomic mass is 10.2. The smallest absolute Gasteiger partial charge is 0.422 e. The van der Waals surface area contributed by atoms with Crippen LogP contribution in [0.2, 0.25) is 0 Å². The number of hydrogen-bond donors (Lipinski definition) is 2. The molecule has 7 nitrogen and oxygen atoms in total. The number of carbonyl (C=O) groups excluding carboxylic acids is 1. The number of hydrogen-bond acceptors (Lipinski definition) is 5. The Balaban J connectivity index is 1.77. The van der Waals surface area contributed by atoms with Gasteiger partial charge in [0.05, 0.1) is 11.3 Å². The number of ether oxygens (including phenoxy) is 1. The molecule has 0 aliphatic carbocycles. The van der Waals surface area contributed by atoms with Gasteiger partial charge in [-0.1, -0.05) is 6.07 Å². The first-order chi connectivity index (χ1) is 12.8. The maximum absolute atomic E-state index is 12.4. The Hall–Kier alpha value is -2.62. The number of halogens is 3. The molecule has 0 saturated heterocycles. The number of carbonyl (C=O) groups is 1. The second-order valence-electron chi connectivity index (χ2n) is 5.96. The van der Waals surface area contributed by atoms with Crippen LogP contribution in [0.5, 0.6) is 5.88 Å². The molecular weight excluding hydrogens is 363 g/mol. The number of alkyl halides is 3. The summed E-state index contributed by atoms with van der Waals surface area (Å²) >= 11 is 0. The molecule has 0 radical (unpaired) electrons. The van der Waals surface area contributed by atoms with Gasteiger partial charge in [-0.2, -0.15) is 18.3 Å². The van der Waals surface area contributed by atoms with Crippen LogP contribution < -0.4 is 15.4 Å². The predicted octanol–water partition coefficient (Wildman–Crippen LogP) is 1.86. The van der Waals surface area contributed by atoms with Gasteiger partial charge in [-0.25, -0.2) is 4.68 Å². The Labute approximate surface area is 154 Å². The first-order valence-electron chi connectivity index (χ1n) is 8.34. The molecule has 0 saturated carbocycles. The second-order valence-corrected chi connectivity index (χ2v) is 5.96. The lowest BCUT2D eigenvalue weighted by Crippen LogP contribution is -2.27. The monoisotopic (exact) mass is 385 g/mol. The molecule has 0 aliphatic rings. The van der Waals surface area contributed by atoms with E-state index >= 15 is 0 Å². The Bertz CT molecular complexity index is 747. The summed E-state index contributed by atoms with van der Waals surface area (Å²) < 4.78 is 43.3. The third-order valence-electron chi connectivity index (χ3n) is 3.70. The highest BCUT2D eigenvalue weighted by atomic mass is 19.4. The molecule has 0 atom stereocenters. The molecule has 0 aromatic carbocycles. The average molecular weight is 385 g/mol. The predicted molar refractivity (Wildman–Crippen MR) is 91.9 cm³/mol. The standard InChI is InChI=1S/C17H22F3N5O2/c1-12-14(16(25(2)24-12)27-11-17(18,19)20)10-22-7-5-15(26)23-9-13-4-3-6-21-8-13/h3-4,6,8,22H,5,7,9-11H2,1-2H3,(H,23,26). The van der Waals surface area contributed by atoms with Crippen molar-refractivity contribution in [2.24, 2.45) is 7.05 Å². The largest absolute Gasteiger partial charge is 0.468 e. The van der Waals surface area contributed by atoms with Gasteiger partial charge in [0.15, 0.2) is 6.61 Å². The molecular formula is C17H22F3N5O2. The van der Waals surface area contributed by atoms with Crippen LogP contribution in [0.4, 0.5) is 13.2 Å². The van der Waals surface area contributed by atoms with Crippen molar-refractivity contribution in [2.75, 3.05) is 13.2 Å². The summed E-state index contributed by atoms with van der Waals surface area (Å²) in [7, 11) is 1.52. The molecule has 2 rings (SSSR count). The molecule has 1 amide bonds. The molecule has 10 heteroatoms. The van der Waals surface area contributed by atoms with Gasteiger partial charge in [-0.3, -0.25) is 9.78 Å². The summed E-state index contributed by atoms with van der Waals surface area (Å²) in [5, 5.41) is 9.90. The quantitative estimate of drug-likeness (QED) is 0.644. The van der Waals surface area contributed by atoms with Crippen LogP contribution in [0.3, 0.4) is 0 Å². The second kappa shape index (κ2) is 9.36. The Morgan fingerprint density at radius 3 is 2.78 bits per heavy atom. The van der Waals surface area contributed by atoms with Crippen LogP contribution in [-0.2, 0) is 24.9 Å². The number of aryl methyl sites for hydroxylation is 2. The summed E-state index contributed by atoms with van der Waals surface area (Å²) in [6, 6.07) is 3.65. The summed E-state index contributed by atoms with van der Waals surface area (Å²) in [6.45, 7) is 1.33. The molecule has 2 aromatic heterocycles. The fourth-order valence-electron chi connectivity index (χ4n) is 2.42. The van der Waals surface area contributed by atoms with Crippen molar-refractivity contribution in [3.05, 3.63) is 41.3 Å². The SMILES string of the molecule is Cc1nn(C)c(OCC(F)(F)F)c1CNCCC(=O)NCc1cccnc1. The molecule has 27 heavy (non-hydrogen) atoms. The number of nitrogens with one attached hydrogen (secondary N) is 2. The minimum Gasteiger partial charge on any atom is -0.468 e. The first kappa shape index (κ1) is 20.7.